The third-order valence-corrected chi connectivity index (χ3v) is 5.91. The van der Waals surface area contributed by atoms with Gasteiger partial charge in [0.25, 0.3) is 0 Å². The zero-order valence-electron chi connectivity index (χ0n) is 17.3. The van der Waals surface area contributed by atoms with Crippen LogP contribution >= 0.6 is 0 Å². The monoisotopic (exact) mass is 399 g/mol. The summed E-state index contributed by atoms with van der Waals surface area (Å²) < 4.78 is 5.90. The quantitative estimate of drug-likeness (QED) is 0.829. The highest BCUT2D eigenvalue weighted by atomic mass is 16.5. The summed E-state index contributed by atoms with van der Waals surface area (Å²) in [6, 6.07) is 18.1. The van der Waals surface area contributed by atoms with Gasteiger partial charge in [-0.2, -0.15) is 5.26 Å². The van der Waals surface area contributed by atoms with Crippen molar-refractivity contribution in [2.75, 3.05) is 7.05 Å². The minimum absolute atomic E-state index is 0.105. The molecule has 30 heavy (non-hydrogen) atoms. The number of ether oxygens (including phenoxy) is 1. The number of carbonyl (C=O) groups is 1. The molecular weight excluding hydrogens is 374 g/mol. The summed E-state index contributed by atoms with van der Waals surface area (Å²) in [6.45, 7) is 2.54. The Morgan fingerprint density at radius 1 is 1.13 bits per heavy atom. The van der Waals surface area contributed by atoms with Crippen LogP contribution in [0.5, 0.6) is 5.75 Å². The summed E-state index contributed by atoms with van der Waals surface area (Å²) in [5.74, 6) is 0.857. The number of nitrogens with two attached hydrogens (primary N) is 1. The normalized spacial score (nSPS) is 18.9. The highest BCUT2D eigenvalue weighted by molar-refractivity contribution is 5.99. The summed E-state index contributed by atoms with van der Waals surface area (Å²) in [7, 11) is 1.83. The molecule has 5 heteroatoms. The van der Waals surface area contributed by atoms with Gasteiger partial charge in [-0.1, -0.05) is 42.0 Å². The fourth-order valence-corrected chi connectivity index (χ4v) is 4.20. The van der Waals surface area contributed by atoms with Gasteiger partial charge in [0.2, 0.25) is 0 Å². The van der Waals surface area contributed by atoms with Crippen molar-refractivity contribution in [1.29, 1.82) is 5.26 Å². The van der Waals surface area contributed by atoms with Crippen molar-refractivity contribution in [3.63, 3.8) is 0 Å². The molecule has 1 aliphatic carbocycles. The number of hydrogen-bond donors (Lipinski definition) is 1. The third-order valence-electron chi connectivity index (χ3n) is 5.91. The molecule has 0 unspecified atom stereocenters. The van der Waals surface area contributed by atoms with Gasteiger partial charge in [0.1, 0.15) is 18.2 Å². The van der Waals surface area contributed by atoms with Crippen molar-refractivity contribution < 1.29 is 9.53 Å². The van der Waals surface area contributed by atoms with Crippen LogP contribution in [-0.2, 0) is 11.4 Å². The zero-order valence-corrected chi connectivity index (χ0v) is 17.3. The lowest BCUT2D eigenvalue weighted by atomic mass is 9.76. The first-order valence-corrected chi connectivity index (χ1v) is 10.2. The molecule has 1 heterocycles. The van der Waals surface area contributed by atoms with Crippen LogP contribution in [0.1, 0.15) is 41.9 Å². The van der Waals surface area contributed by atoms with Gasteiger partial charge < -0.3 is 15.4 Å². The number of aryl methyl sites for hydroxylation is 1. The van der Waals surface area contributed by atoms with E-state index in [-0.39, 0.29) is 5.78 Å². The van der Waals surface area contributed by atoms with Crippen LogP contribution in [0.25, 0.3) is 0 Å². The lowest BCUT2D eigenvalue weighted by Crippen LogP contribution is -2.36. The summed E-state index contributed by atoms with van der Waals surface area (Å²) in [5, 5.41) is 9.80. The van der Waals surface area contributed by atoms with Crippen LogP contribution < -0.4 is 10.5 Å². The van der Waals surface area contributed by atoms with Gasteiger partial charge in [-0.25, -0.2) is 0 Å². The van der Waals surface area contributed by atoms with Gasteiger partial charge in [0.15, 0.2) is 5.78 Å². The molecule has 0 saturated carbocycles. The van der Waals surface area contributed by atoms with E-state index in [2.05, 4.69) is 37.3 Å². The van der Waals surface area contributed by atoms with Crippen molar-refractivity contribution in [3.05, 3.63) is 87.9 Å². The van der Waals surface area contributed by atoms with Gasteiger partial charge in [-0.15, -0.1) is 0 Å². The van der Waals surface area contributed by atoms with E-state index in [4.69, 9.17) is 10.5 Å². The second-order valence-corrected chi connectivity index (χ2v) is 7.88. The molecule has 0 bridgehead atoms. The van der Waals surface area contributed by atoms with E-state index < -0.39 is 5.92 Å². The Balaban J connectivity index is 1.61. The number of Topliss-reactive ketones (excluding diaryl/α,β-unsaturated/α-hetero) is 1. The van der Waals surface area contributed by atoms with E-state index in [1.807, 2.05) is 31.3 Å². The first kappa shape index (κ1) is 19.8. The molecule has 1 atom stereocenters. The molecule has 4 rings (SSSR count). The molecule has 152 valence electrons. The van der Waals surface area contributed by atoms with E-state index in [0.717, 1.165) is 35.4 Å². The molecule has 0 spiro atoms. The third kappa shape index (κ3) is 3.57. The summed E-state index contributed by atoms with van der Waals surface area (Å²) >= 11 is 0. The Bertz CT molecular complexity index is 1070. The number of rotatable bonds is 4. The molecule has 2 aliphatic rings. The first-order valence-electron chi connectivity index (χ1n) is 10.2. The molecule has 0 radical (unpaired) electrons. The molecule has 2 N–H and O–H groups in total. The Morgan fingerprint density at radius 3 is 2.50 bits per heavy atom. The second-order valence-electron chi connectivity index (χ2n) is 7.88. The molecule has 0 amide bonds. The molecule has 0 saturated heterocycles. The number of nitrogens with zero attached hydrogens (tertiary/aromatic N) is 2. The SMILES string of the molecule is Cc1ccc(COc2ccc([C@@H]3C(C#N)=C(N)N(C)C4=C3C(=O)CCC4)cc2)cc1. The Hall–Kier alpha value is -3.52. The topological polar surface area (TPSA) is 79.3 Å². The minimum atomic E-state index is -0.417. The predicted molar refractivity (Wildman–Crippen MR) is 115 cm³/mol. The van der Waals surface area contributed by atoms with Crippen molar-refractivity contribution in [1.82, 2.24) is 4.90 Å². The number of nitriles is 1. The predicted octanol–water partition coefficient (Wildman–Crippen LogP) is 4.30. The number of ketones is 1. The van der Waals surface area contributed by atoms with Crippen LogP contribution in [0.3, 0.4) is 0 Å². The maximum Gasteiger partial charge on any atom is 0.161 e. The molecule has 2 aromatic carbocycles. The van der Waals surface area contributed by atoms with Crippen LogP contribution in [0, 0.1) is 18.3 Å². The van der Waals surface area contributed by atoms with Gasteiger partial charge >= 0.3 is 0 Å². The number of hydrogen-bond acceptors (Lipinski definition) is 5. The fraction of sp³-hybridized carbons (Fsp3) is 0.280. The summed E-state index contributed by atoms with van der Waals surface area (Å²) in [6.07, 6.45) is 2.13. The van der Waals surface area contributed by atoms with Crippen molar-refractivity contribution >= 4 is 5.78 Å². The van der Waals surface area contributed by atoms with Gasteiger partial charge in [-0.3, -0.25) is 4.79 Å². The Kier molecular flexibility index (Phi) is 5.33. The van der Waals surface area contributed by atoms with Gasteiger partial charge in [0.05, 0.1) is 17.6 Å². The fourth-order valence-electron chi connectivity index (χ4n) is 4.20. The minimum Gasteiger partial charge on any atom is -0.489 e. The van der Waals surface area contributed by atoms with Crippen LogP contribution in [0.4, 0.5) is 0 Å². The van der Waals surface area contributed by atoms with E-state index >= 15 is 0 Å². The van der Waals surface area contributed by atoms with Gasteiger partial charge in [-0.05, 0) is 43.0 Å². The van der Waals surface area contributed by atoms with E-state index in [1.54, 1.807) is 4.90 Å². The maximum absolute atomic E-state index is 12.8. The van der Waals surface area contributed by atoms with E-state index in [9.17, 15) is 10.1 Å². The highest BCUT2D eigenvalue weighted by Crippen LogP contribution is 2.44. The molecular formula is C25H25N3O2. The van der Waals surface area contributed by atoms with Crippen LogP contribution in [-0.4, -0.2) is 17.7 Å². The first-order chi connectivity index (χ1) is 14.5. The number of carbonyl (C=O) groups excluding carboxylic acids is 1. The van der Waals surface area contributed by atoms with Crippen molar-refractivity contribution in [2.24, 2.45) is 5.73 Å². The largest absolute Gasteiger partial charge is 0.489 e. The molecule has 0 aromatic heterocycles. The summed E-state index contributed by atoms with van der Waals surface area (Å²) in [4.78, 5) is 14.6. The number of benzene rings is 2. The standard InChI is InChI=1S/C25H25N3O2/c1-16-6-8-17(9-7-16)15-30-19-12-10-18(11-13-19)23-20(14-26)25(27)28(2)21-4-3-5-22(29)24(21)23/h6-13,23H,3-5,15,27H2,1-2H3/t23-/m1/s1. The lowest BCUT2D eigenvalue weighted by Gasteiger charge is -2.37. The van der Waals surface area contributed by atoms with E-state index in [0.29, 0.717) is 30.0 Å². The average Bonchev–Trinajstić information content (AvgIpc) is 2.76. The van der Waals surface area contributed by atoms with E-state index in [1.165, 1.54) is 5.56 Å². The van der Waals surface area contributed by atoms with Crippen LogP contribution in [0.2, 0.25) is 0 Å². The Labute approximate surface area is 177 Å². The molecule has 5 nitrogen and oxygen atoms in total. The second kappa shape index (κ2) is 8.08. The molecule has 2 aromatic rings. The van der Waals surface area contributed by atoms with Crippen molar-refractivity contribution in [2.45, 2.75) is 38.7 Å². The molecule has 0 fully saturated rings. The molecule has 1 aliphatic heterocycles. The maximum atomic E-state index is 12.8. The zero-order chi connectivity index (χ0) is 21.3. The van der Waals surface area contributed by atoms with Crippen molar-refractivity contribution in [3.8, 4) is 11.8 Å². The average molecular weight is 399 g/mol. The smallest absolute Gasteiger partial charge is 0.161 e. The number of allylic oxidation sites excluding steroid dienone is 3. The van der Waals surface area contributed by atoms with Gasteiger partial charge in [0, 0.05) is 24.7 Å². The summed E-state index contributed by atoms with van der Waals surface area (Å²) in [5.41, 5.74) is 11.6. The highest BCUT2D eigenvalue weighted by Gasteiger charge is 2.38. The lowest BCUT2D eigenvalue weighted by molar-refractivity contribution is -0.116. The van der Waals surface area contributed by atoms with Crippen LogP contribution in [0.15, 0.2) is 71.2 Å². The Morgan fingerprint density at radius 2 is 1.83 bits per heavy atom.